The van der Waals surface area contributed by atoms with Gasteiger partial charge in [0.2, 0.25) is 0 Å². The first kappa shape index (κ1) is 12.7. The average Bonchev–Trinajstić information content (AvgIpc) is 2.99. The van der Waals surface area contributed by atoms with Crippen LogP contribution < -0.4 is 5.32 Å². The minimum atomic E-state index is 0.633. The van der Waals surface area contributed by atoms with Gasteiger partial charge in [-0.1, -0.05) is 55.3 Å². The number of benzene rings is 2. The molecule has 1 unspecified atom stereocenters. The largest absolute Gasteiger partial charge is 0.316 e. The van der Waals surface area contributed by atoms with Gasteiger partial charge in [-0.05, 0) is 48.6 Å². The van der Waals surface area contributed by atoms with E-state index in [-0.39, 0.29) is 0 Å². The van der Waals surface area contributed by atoms with Crippen LogP contribution in [0.3, 0.4) is 0 Å². The molecule has 1 aliphatic carbocycles. The summed E-state index contributed by atoms with van der Waals surface area (Å²) in [5.41, 5.74) is 1.49. The molecule has 1 fully saturated rings. The Labute approximate surface area is 116 Å². The van der Waals surface area contributed by atoms with Gasteiger partial charge in [-0.15, -0.1) is 0 Å². The van der Waals surface area contributed by atoms with E-state index in [9.17, 15) is 0 Å². The fourth-order valence-corrected chi connectivity index (χ4v) is 3.57. The normalized spacial score (nSPS) is 17.9. The molecule has 2 aromatic rings. The van der Waals surface area contributed by atoms with Crippen LogP contribution in [0.1, 0.15) is 31.2 Å². The van der Waals surface area contributed by atoms with Crippen molar-refractivity contribution < 1.29 is 0 Å². The van der Waals surface area contributed by atoms with Crippen molar-refractivity contribution in [2.45, 2.75) is 38.1 Å². The molecule has 19 heavy (non-hydrogen) atoms. The van der Waals surface area contributed by atoms with Crippen molar-refractivity contribution in [1.82, 2.24) is 5.32 Å². The second kappa shape index (κ2) is 5.75. The van der Waals surface area contributed by atoms with E-state index in [0.717, 1.165) is 12.3 Å². The van der Waals surface area contributed by atoms with E-state index in [1.54, 1.807) is 0 Å². The van der Waals surface area contributed by atoms with Crippen LogP contribution in [0.2, 0.25) is 0 Å². The van der Waals surface area contributed by atoms with E-state index in [0.29, 0.717) is 6.04 Å². The van der Waals surface area contributed by atoms with Gasteiger partial charge in [0.15, 0.2) is 0 Å². The molecule has 1 nitrogen and oxygen atoms in total. The van der Waals surface area contributed by atoms with Crippen LogP contribution in [0, 0.1) is 5.92 Å². The van der Waals surface area contributed by atoms with Crippen LogP contribution >= 0.6 is 0 Å². The minimum Gasteiger partial charge on any atom is -0.316 e. The van der Waals surface area contributed by atoms with Gasteiger partial charge in [0.05, 0.1) is 0 Å². The molecule has 0 bridgehead atoms. The molecule has 100 valence electrons. The first-order valence-corrected chi connectivity index (χ1v) is 7.52. The Hall–Kier alpha value is -1.34. The molecular formula is C18H23N. The van der Waals surface area contributed by atoms with Gasteiger partial charge < -0.3 is 5.32 Å². The molecule has 0 amide bonds. The maximum atomic E-state index is 3.56. The molecule has 1 heteroatoms. The van der Waals surface area contributed by atoms with Crippen molar-refractivity contribution in [2.24, 2.45) is 5.92 Å². The lowest BCUT2D eigenvalue weighted by Crippen LogP contribution is -2.34. The zero-order valence-electron chi connectivity index (χ0n) is 11.7. The Bertz CT molecular complexity index is 535. The third-order valence-corrected chi connectivity index (χ3v) is 4.66. The quantitative estimate of drug-likeness (QED) is 0.862. The summed E-state index contributed by atoms with van der Waals surface area (Å²) in [6, 6.07) is 16.1. The summed E-state index contributed by atoms with van der Waals surface area (Å²) < 4.78 is 0. The van der Waals surface area contributed by atoms with E-state index < -0.39 is 0 Å². The van der Waals surface area contributed by atoms with E-state index in [1.165, 1.54) is 42.0 Å². The van der Waals surface area contributed by atoms with Gasteiger partial charge in [0.1, 0.15) is 0 Å². The fraction of sp³-hybridized carbons (Fsp3) is 0.444. The third kappa shape index (κ3) is 2.66. The number of likely N-dealkylation sites (N-methyl/N-ethyl adjacent to an activating group) is 1. The predicted octanol–water partition coefficient (Wildman–Crippen LogP) is 4.16. The molecule has 0 radical (unpaired) electrons. The van der Waals surface area contributed by atoms with Crippen LogP contribution in [0.15, 0.2) is 42.5 Å². The van der Waals surface area contributed by atoms with Gasteiger partial charge in [-0.3, -0.25) is 0 Å². The highest BCUT2D eigenvalue weighted by Gasteiger charge is 2.24. The minimum absolute atomic E-state index is 0.633. The zero-order chi connectivity index (χ0) is 13.1. The van der Waals surface area contributed by atoms with E-state index >= 15 is 0 Å². The molecule has 1 saturated carbocycles. The summed E-state index contributed by atoms with van der Waals surface area (Å²) in [4.78, 5) is 0. The highest BCUT2D eigenvalue weighted by Crippen LogP contribution is 2.30. The van der Waals surface area contributed by atoms with Gasteiger partial charge in [-0.2, -0.15) is 0 Å². The van der Waals surface area contributed by atoms with Crippen LogP contribution in [0.5, 0.6) is 0 Å². The number of rotatable bonds is 4. The second-order valence-electron chi connectivity index (χ2n) is 5.78. The lowest BCUT2D eigenvalue weighted by atomic mass is 9.90. The van der Waals surface area contributed by atoms with Gasteiger partial charge in [0, 0.05) is 6.04 Å². The summed E-state index contributed by atoms with van der Waals surface area (Å²) >= 11 is 0. The Kier molecular flexibility index (Phi) is 3.84. The van der Waals surface area contributed by atoms with Crippen molar-refractivity contribution >= 4 is 10.8 Å². The molecule has 3 rings (SSSR count). The zero-order valence-corrected chi connectivity index (χ0v) is 11.7. The van der Waals surface area contributed by atoms with E-state index in [2.05, 4.69) is 54.8 Å². The SMILES string of the molecule is CNC(Cc1cccc2ccccc12)C1CCCC1. The second-order valence-corrected chi connectivity index (χ2v) is 5.78. The Morgan fingerprint density at radius 3 is 2.58 bits per heavy atom. The highest BCUT2D eigenvalue weighted by molar-refractivity contribution is 5.85. The van der Waals surface area contributed by atoms with Crippen LogP contribution in [-0.4, -0.2) is 13.1 Å². The van der Waals surface area contributed by atoms with Crippen LogP contribution in [0.25, 0.3) is 10.8 Å². The Morgan fingerprint density at radius 1 is 1.05 bits per heavy atom. The lowest BCUT2D eigenvalue weighted by molar-refractivity contribution is 0.378. The fourth-order valence-electron chi connectivity index (χ4n) is 3.57. The lowest BCUT2D eigenvalue weighted by Gasteiger charge is -2.23. The maximum Gasteiger partial charge on any atom is 0.0133 e. The molecule has 2 aromatic carbocycles. The highest BCUT2D eigenvalue weighted by atomic mass is 14.9. The van der Waals surface area contributed by atoms with Gasteiger partial charge in [0.25, 0.3) is 0 Å². The number of hydrogen-bond donors (Lipinski definition) is 1. The van der Waals surface area contributed by atoms with Crippen molar-refractivity contribution in [3.8, 4) is 0 Å². The van der Waals surface area contributed by atoms with E-state index in [1.807, 2.05) is 0 Å². The molecule has 0 spiro atoms. The summed E-state index contributed by atoms with van der Waals surface area (Å²) in [5, 5.41) is 6.34. The summed E-state index contributed by atoms with van der Waals surface area (Å²) in [5.74, 6) is 0.865. The molecule has 1 atom stereocenters. The Balaban J connectivity index is 1.87. The monoisotopic (exact) mass is 253 g/mol. The summed E-state index contributed by atoms with van der Waals surface area (Å²) in [6.45, 7) is 0. The molecule has 0 aliphatic heterocycles. The molecule has 0 heterocycles. The molecule has 1 N–H and O–H groups in total. The standard InChI is InChI=1S/C18H23N/c1-19-18(15-8-2-3-9-15)13-16-11-6-10-14-7-4-5-12-17(14)16/h4-7,10-12,15,18-19H,2-3,8-9,13H2,1H3. The number of nitrogens with one attached hydrogen (secondary N) is 1. The van der Waals surface area contributed by atoms with Crippen LogP contribution in [-0.2, 0) is 6.42 Å². The number of hydrogen-bond acceptors (Lipinski definition) is 1. The summed E-state index contributed by atoms with van der Waals surface area (Å²) in [6.07, 6.45) is 6.78. The first-order chi connectivity index (χ1) is 9.38. The Morgan fingerprint density at radius 2 is 1.79 bits per heavy atom. The van der Waals surface area contributed by atoms with Crippen LogP contribution in [0.4, 0.5) is 0 Å². The van der Waals surface area contributed by atoms with E-state index in [4.69, 9.17) is 0 Å². The first-order valence-electron chi connectivity index (χ1n) is 7.52. The maximum absolute atomic E-state index is 3.56. The molecule has 1 aliphatic rings. The smallest absolute Gasteiger partial charge is 0.0133 e. The van der Waals surface area contributed by atoms with Gasteiger partial charge >= 0.3 is 0 Å². The molecular weight excluding hydrogens is 230 g/mol. The van der Waals surface area contributed by atoms with Crippen molar-refractivity contribution in [3.63, 3.8) is 0 Å². The third-order valence-electron chi connectivity index (χ3n) is 4.66. The topological polar surface area (TPSA) is 12.0 Å². The van der Waals surface area contributed by atoms with Crippen molar-refractivity contribution in [1.29, 1.82) is 0 Å². The molecule has 0 aromatic heterocycles. The summed E-state index contributed by atoms with van der Waals surface area (Å²) in [7, 11) is 2.12. The molecule has 0 saturated heterocycles. The average molecular weight is 253 g/mol. The van der Waals surface area contributed by atoms with Crippen molar-refractivity contribution in [2.75, 3.05) is 7.05 Å². The predicted molar refractivity (Wildman–Crippen MR) is 82.5 cm³/mol. The number of fused-ring (bicyclic) bond motifs is 1. The van der Waals surface area contributed by atoms with Gasteiger partial charge in [-0.25, -0.2) is 0 Å². The van der Waals surface area contributed by atoms with Crippen molar-refractivity contribution in [3.05, 3.63) is 48.0 Å².